The predicted molar refractivity (Wildman–Crippen MR) is 120 cm³/mol. The summed E-state index contributed by atoms with van der Waals surface area (Å²) in [6.45, 7) is 2.69. The van der Waals surface area contributed by atoms with E-state index in [1.54, 1.807) is 6.92 Å². The lowest BCUT2D eigenvalue weighted by Gasteiger charge is -2.17. The summed E-state index contributed by atoms with van der Waals surface area (Å²) in [7, 11) is 1.51. The maximum atomic E-state index is 12.7. The molecule has 0 saturated heterocycles. The molecule has 0 aliphatic rings. The maximum Gasteiger partial charge on any atom is 0.253 e. The molecule has 1 atom stereocenters. The van der Waals surface area contributed by atoms with Gasteiger partial charge in [-0.3, -0.25) is 4.79 Å². The Morgan fingerprint density at radius 3 is 2.47 bits per heavy atom. The van der Waals surface area contributed by atoms with E-state index in [1.807, 2.05) is 48.5 Å². The van der Waals surface area contributed by atoms with Crippen LogP contribution in [0.5, 0.6) is 5.75 Å². The quantitative estimate of drug-likeness (QED) is 0.566. The Morgan fingerprint density at radius 1 is 1.07 bits per heavy atom. The van der Waals surface area contributed by atoms with Crippen molar-refractivity contribution in [1.29, 1.82) is 0 Å². The number of amides is 1. The monoisotopic (exact) mass is 469 g/mol. The van der Waals surface area contributed by atoms with Gasteiger partial charge in [0.2, 0.25) is 0 Å². The lowest BCUT2D eigenvalue weighted by atomic mass is 10.1. The molecule has 2 aromatic carbocycles. The van der Waals surface area contributed by atoms with Crippen molar-refractivity contribution in [2.45, 2.75) is 19.4 Å². The largest absolute Gasteiger partial charge is 0.481 e. The molecule has 6 heteroatoms. The molecular formula is C24H24BrNO4. The minimum atomic E-state index is -0.706. The number of hydrogen-bond donors (Lipinski definition) is 1. The predicted octanol–water partition coefficient (Wildman–Crippen LogP) is 3.88. The molecular weight excluding hydrogens is 446 g/mol. The molecule has 0 aliphatic carbocycles. The summed E-state index contributed by atoms with van der Waals surface area (Å²) in [5.74, 6) is 8.88. The van der Waals surface area contributed by atoms with Crippen LogP contribution in [0.15, 0.2) is 53.0 Å². The second kappa shape index (κ2) is 13.3. The summed E-state index contributed by atoms with van der Waals surface area (Å²) in [6.07, 6.45) is 2.46. The third-order valence-corrected chi connectivity index (χ3v) is 4.56. The van der Waals surface area contributed by atoms with Gasteiger partial charge < -0.3 is 19.5 Å². The van der Waals surface area contributed by atoms with Gasteiger partial charge in [-0.05, 0) is 54.7 Å². The second-order valence-electron chi connectivity index (χ2n) is 6.13. The van der Waals surface area contributed by atoms with E-state index in [1.165, 1.54) is 7.11 Å². The molecule has 0 saturated carbocycles. The average molecular weight is 470 g/mol. The number of carbonyl (C=O) groups excluding carboxylic acids is 1. The van der Waals surface area contributed by atoms with Crippen LogP contribution >= 0.6 is 15.9 Å². The Kier molecular flexibility index (Phi) is 10.4. The Morgan fingerprint density at radius 2 is 1.80 bits per heavy atom. The Labute approximate surface area is 186 Å². The molecule has 0 fully saturated rings. The highest BCUT2D eigenvalue weighted by molar-refractivity contribution is 9.10. The zero-order valence-electron chi connectivity index (χ0n) is 17.0. The molecule has 0 spiro atoms. The van der Waals surface area contributed by atoms with Crippen molar-refractivity contribution in [3.63, 3.8) is 0 Å². The Hall–Kier alpha value is -2.93. The first-order chi connectivity index (χ1) is 14.6. The van der Waals surface area contributed by atoms with Crippen LogP contribution in [0.1, 0.15) is 24.2 Å². The van der Waals surface area contributed by atoms with E-state index in [0.29, 0.717) is 13.0 Å². The smallest absolute Gasteiger partial charge is 0.253 e. The van der Waals surface area contributed by atoms with Crippen LogP contribution in [0.25, 0.3) is 0 Å². The maximum absolute atomic E-state index is 12.7. The number of methoxy groups -OCH3 is 1. The van der Waals surface area contributed by atoms with Crippen LogP contribution in [-0.2, 0) is 20.7 Å². The van der Waals surface area contributed by atoms with Gasteiger partial charge in [0.05, 0.1) is 7.11 Å². The van der Waals surface area contributed by atoms with Gasteiger partial charge >= 0.3 is 0 Å². The lowest BCUT2D eigenvalue weighted by Crippen LogP contribution is -2.32. The van der Waals surface area contributed by atoms with Gasteiger partial charge in [0.1, 0.15) is 18.5 Å². The fourth-order valence-electron chi connectivity index (χ4n) is 2.55. The minimum absolute atomic E-state index is 0.188. The fraction of sp³-hybridized carbons (Fsp3) is 0.292. The number of benzene rings is 2. The molecule has 0 radical (unpaired) electrons. The summed E-state index contributed by atoms with van der Waals surface area (Å²) >= 11 is 3.40. The van der Waals surface area contributed by atoms with Gasteiger partial charge in [-0.25, -0.2) is 0 Å². The highest BCUT2D eigenvalue weighted by Gasteiger charge is 2.20. The first kappa shape index (κ1) is 23.3. The number of hydrogen-bond acceptors (Lipinski definition) is 4. The number of halogens is 1. The SMILES string of the molecule is CC#CCOC(C(=O)NCCc1ccc(OCC#COC)cc1)c1ccc(Br)cc1. The van der Waals surface area contributed by atoms with E-state index in [-0.39, 0.29) is 19.1 Å². The standard InChI is InChI=1S/C24H24BrNO4/c1-3-4-17-30-23(20-8-10-21(25)11-9-20)24(27)26-15-14-19-6-12-22(13-7-19)29-18-5-16-28-2/h6-13,23H,14-15,17-18H2,1-2H3,(H,26,27). The van der Waals surface area contributed by atoms with Gasteiger partial charge in [-0.15, -0.1) is 5.92 Å². The molecule has 5 nitrogen and oxygen atoms in total. The zero-order chi connectivity index (χ0) is 21.6. The van der Waals surface area contributed by atoms with E-state index < -0.39 is 6.10 Å². The molecule has 0 heterocycles. The van der Waals surface area contributed by atoms with Crippen molar-refractivity contribution in [2.24, 2.45) is 0 Å². The number of rotatable bonds is 9. The summed E-state index contributed by atoms with van der Waals surface area (Å²) in [5, 5.41) is 2.95. The molecule has 0 bridgehead atoms. The first-order valence-electron chi connectivity index (χ1n) is 9.41. The van der Waals surface area contributed by atoms with Crippen molar-refractivity contribution in [1.82, 2.24) is 5.32 Å². The van der Waals surface area contributed by atoms with E-state index in [9.17, 15) is 4.79 Å². The number of ether oxygens (including phenoxy) is 3. The molecule has 0 aliphatic heterocycles. The van der Waals surface area contributed by atoms with Crippen LogP contribution < -0.4 is 10.1 Å². The summed E-state index contributed by atoms with van der Waals surface area (Å²) in [5.41, 5.74) is 1.87. The lowest BCUT2D eigenvalue weighted by molar-refractivity contribution is -0.132. The van der Waals surface area contributed by atoms with Gasteiger partial charge in [0, 0.05) is 11.0 Å². The summed E-state index contributed by atoms with van der Waals surface area (Å²) < 4.78 is 16.8. The topological polar surface area (TPSA) is 56.8 Å². The zero-order valence-corrected chi connectivity index (χ0v) is 18.6. The molecule has 2 aromatic rings. The highest BCUT2D eigenvalue weighted by atomic mass is 79.9. The van der Waals surface area contributed by atoms with Crippen LogP contribution in [0.4, 0.5) is 0 Å². The van der Waals surface area contributed by atoms with E-state index in [4.69, 9.17) is 9.47 Å². The first-order valence-corrected chi connectivity index (χ1v) is 10.2. The normalized spacial score (nSPS) is 10.6. The number of nitrogens with one attached hydrogen (secondary N) is 1. The molecule has 156 valence electrons. The van der Waals surface area contributed by atoms with Crippen molar-refractivity contribution in [2.75, 3.05) is 26.9 Å². The fourth-order valence-corrected chi connectivity index (χ4v) is 2.82. The highest BCUT2D eigenvalue weighted by Crippen LogP contribution is 2.20. The van der Waals surface area contributed by atoms with Crippen LogP contribution in [0, 0.1) is 23.9 Å². The Balaban J connectivity index is 1.88. The van der Waals surface area contributed by atoms with Crippen molar-refractivity contribution in [3.05, 3.63) is 64.1 Å². The molecule has 2 rings (SSSR count). The summed E-state index contributed by atoms with van der Waals surface area (Å²) in [6, 6.07) is 15.2. The van der Waals surface area contributed by atoms with Crippen LogP contribution in [-0.4, -0.2) is 32.8 Å². The number of carbonyl (C=O) groups is 1. The van der Waals surface area contributed by atoms with Gasteiger partial charge in [-0.2, -0.15) is 0 Å². The molecule has 0 aromatic heterocycles. The van der Waals surface area contributed by atoms with Gasteiger partial charge in [-0.1, -0.05) is 46.1 Å². The van der Waals surface area contributed by atoms with Gasteiger partial charge in [0.15, 0.2) is 12.7 Å². The molecule has 1 N–H and O–H groups in total. The van der Waals surface area contributed by atoms with E-state index in [0.717, 1.165) is 21.3 Å². The molecule has 1 unspecified atom stereocenters. The third-order valence-electron chi connectivity index (χ3n) is 4.03. The average Bonchev–Trinajstić information content (AvgIpc) is 2.76. The van der Waals surface area contributed by atoms with Crippen molar-refractivity contribution in [3.8, 4) is 29.6 Å². The van der Waals surface area contributed by atoms with Crippen LogP contribution in [0.2, 0.25) is 0 Å². The second-order valence-corrected chi connectivity index (χ2v) is 7.04. The van der Waals surface area contributed by atoms with E-state index in [2.05, 4.69) is 49.9 Å². The minimum Gasteiger partial charge on any atom is -0.481 e. The van der Waals surface area contributed by atoms with Crippen molar-refractivity contribution >= 4 is 21.8 Å². The summed E-state index contributed by atoms with van der Waals surface area (Å²) in [4.78, 5) is 12.7. The van der Waals surface area contributed by atoms with E-state index >= 15 is 0 Å². The molecule has 1 amide bonds. The molecule has 30 heavy (non-hydrogen) atoms. The van der Waals surface area contributed by atoms with Crippen LogP contribution in [0.3, 0.4) is 0 Å². The Bertz CT molecular complexity index is 918. The van der Waals surface area contributed by atoms with Crippen molar-refractivity contribution < 1.29 is 19.0 Å². The van der Waals surface area contributed by atoms with Gasteiger partial charge in [0.25, 0.3) is 5.91 Å². The third kappa shape index (κ3) is 8.21.